The molecule has 1 heteroatoms. The zero-order valence-electron chi connectivity index (χ0n) is 10.6. The molecule has 1 atom stereocenters. The molecule has 0 aliphatic heterocycles. The Kier molecular flexibility index (Phi) is 3.25. The molecule has 1 aliphatic rings. The molecule has 0 spiro atoms. The minimum Gasteiger partial charge on any atom is -0.0620 e. The van der Waals surface area contributed by atoms with Crippen LogP contribution in [0.3, 0.4) is 0 Å². The number of fused-ring (bicyclic) bond motifs is 2. The first-order chi connectivity index (χ1) is 8.74. The van der Waals surface area contributed by atoms with Crippen LogP contribution >= 0.6 is 15.9 Å². The predicted molar refractivity (Wildman–Crippen MR) is 80.1 cm³/mol. The van der Waals surface area contributed by atoms with E-state index in [1.807, 2.05) is 0 Å². The van der Waals surface area contributed by atoms with E-state index < -0.39 is 0 Å². The van der Waals surface area contributed by atoms with E-state index in [0.717, 1.165) is 19.3 Å². The summed E-state index contributed by atoms with van der Waals surface area (Å²) in [6.45, 7) is 2.34. The summed E-state index contributed by atoms with van der Waals surface area (Å²) in [5, 5.41) is 0. The van der Waals surface area contributed by atoms with Gasteiger partial charge >= 0.3 is 0 Å². The Hall–Kier alpha value is -1.08. The third kappa shape index (κ3) is 2.24. The average Bonchev–Trinajstić information content (AvgIpc) is 2.37. The molecule has 0 radical (unpaired) electrons. The van der Waals surface area contributed by atoms with Crippen molar-refractivity contribution in [2.45, 2.75) is 32.1 Å². The van der Waals surface area contributed by atoms with Crippen LogP contribution in [0.4, 0.5) is 0 Å². The molecule has 1 aliphatic carbocycles. The predicted octanol–water partition coefficient (Wildman–Crippen LogP) is 4.89. The molecule has 2 aromatic rings. The van der Waals surface area contributed by atoms with Crippen LogP contribution in [0.25, 0.3) is 0 Å². The van der Waals surface area contributed by atoms with E-state index >= 15 is 0 Å². The molecule has 1 unspecified atom stereocenters. The van der Waals surface area contributed by atoms with Crippen LogP contribution in [0.5, 0.6) is 0 Å². The van der Waals surface area contributed by atoms with Crippen LogP contribution in [0.2, 0.25) is 0 Å². The Morgan fingerprint density at radius 2 is 1.67 bits per heavy atom. The summed E-state index contributed by atoms with van der Waals surface area (Å²) in [5.41, 5.74) is 6.08. The van der Waals surface area contributed by atoms with Gasteiger partial charge < -0.3 is 0 Å². The largest absolute Gasteiger partial charge is 0.0620 e. The molecular weight excluding hydrogens is 284 g/mol. The summed E-state index contributed by atoms with van der Waals surface area (Å²) >= 11 is 3.59. The summed E-state index contributed by atoms with van der Waals surface area (Å²) in [5.74, 6) is 0.596. The first-order valence-electron chi connectivity index (χ1n) is 6.59. The molecule has 0 saturated heterocycles. The monoisotopic (exact) mass is 300 g/mol. The fourth-order valence-electron chi connectivity index (χ4n) is 2.96. The van der Waals surface area contributed by atoms with Crippen LogP contribution in [0.15, 0.2) is 46.9 Å². The zero-order valence-corrected chi connectivity index (χ0v) is 12.2. The summed E-state index contributed by atoms with van der Waals surface area (Å²) < 4.78 is 1.20. The van der Waals surface area contributed by atoms with Crippen molar-refractivity contribution in [1.82, 2.24) is 0 Å². The molecule has 0 bridgehead atoms. The molecule has 0 fully saturated rings. The fourth-order valence-corrected chi connectivity index (χ4v) is 3.34. The maximum Gasteiger partial charge on any atom is 0.0178 e. The third-order valence-corrected chi connectivity index (χ3v) is 4.44. The number of rotatable bonds is 0. The second-order valence-electron chi connectivity index (χ2n) is 5.22. The highest BCUT2D eigenvalue weighted by Gasteiger charge is 2.16. The van der Waals surface area contributed by atoms with Crippen LogP contribution in [-0.4, -0.2) is 0 Å². The number of hydrogen-bond donors (Lipinski definition) is 0. The van der Waals surface area contributed by atoms with E-state index in [4.69, 9.17) is 0 Å². The van der Waals surface area contributed by atoms with E-state index in [1.54, 1.807) is 0 Å². The van der Waals surface area contributed by atoms with E-state index in [0.29, 0.717) is 5.92 Å². The number of aryl methyl sites for hydroxylation is 2. The standard InChI is InChI=1S/C17H17Br/c1-12-10-15-5-3-2-4-13(15)6-7-14-8-9-16(18)11-17(12)14/h2-5,8-9,11-12H,6-7,10H2,1H3. The minimum atomic E-state index is 0.596. The van der Waals surface area contributed by atoms with Crippen molar-refractivity contribution in [3.05, 3.63) is 69.2 Å². The Labute approximate surface area is 117 Å². The van der Waals surface area contributed by atoms with Crippen LogP contribution in [0, 0.1) is 0 Å². The molecule has 0 saturated carbocycles. The van der Waals surface area contributed by atoms with Crippen molar-refractivity contribution >= 4 is 15.9 Å². The highest BCUT2D eigenvalue weighted by Crippen LogP contribution is 2.31. The van der Waals surface area contributed by atoms with Crippen molar-refractivity contribution in [1.29, 1.82) is 0 Å². The van der Waals surface area contributed by atoms with Gasteiger partial charge in [-0.15, -0.1) is 0 Å². The Balaban J connectivity index is 2.04. The topological polar surface area (TPSA) is 0 Å². The lowest BCUT2D eigenvalue weighted by Crippen LogP contribution is -2.10. The molecular formula is C17H17Br. The van der Waals surface area contributed by atoms with E-state index in [1.165, 1.54) is 26.7 Å². The van der Waals surface area contributed by atoms with Crippen molar-refractivity contribution in [2.75, 3.05) is 0 Å². The van der Waals surface area contributed by atoms with Gasteiger partial charge in [0.05, 0.1) is 0 Å². The highest BCUT2D eigenvalue weighted by molar-refractivity contribution is 9.10. The van der Waals surface area contributed by atoms with Crippen molar-refractivity contribution < 1.29 is 0 Å². The molecule has 2 aromatic carbocycles. The van der Waals surface area contributed by atoms with Gasteiger partial charge in [0.25, 0.3) is 0 Å². The molecule has 92 valence electrons. The van der Waals surface area contributed by atoms with Crippen molar-refractivity contribution in [3.8, 4) is 0 Å². The van der Waals surface area contributed by atoms with Gasteiger partial charge in [-0.1, -0.05) is 53.2 Å². The lowest BCUT2D eigenvalue weighted by atomic mass is 9.83. The van der Waals surface area contributed by atoms with Gasteiger partial charge in [0, 0.05) is 4.47 Å². The molecule has 0 aromatic heterocycles. The first kappa shape index (κ1) is 12.0. The van der Waals surface area contributed by atoms with Crippen LogP contribution < -0.4 is 0 Å². The second-order valence-corrected chi connectivity index (χ2v) is 6.13. The van der Waals surface area contributed by atoms with E-state index in [-0.39, 0.29) is 0 Å². The van der Waals surface area contributed by atoms with Crippen molar-refractivity contribution in [2.24, 2.45) is 0 Å². The maximum atomic E-state index is 3.59. The lowest BCUT2D eigenvalue weighted by Gasteiger charge is -2.22. The zero-order chi connectivity index (χ0) is 12.5. The molecule has 0 heterocycles. The Bertz CT molecular complexity index is 572. The van der Waals surface area contributed by atoms with E-state index in [9.17, 15) is 0 Å². The van der Waals surface area contributed by atoms with Crippen LogP contribution in [0.1, 0.15) is 35.1 Å². The Morgan fingerprint density at radius 3 is 2.50 bits per heavy atom. The number of benzene rings is 2. The van der Waals surface area contributed by atoms with Gasteiger partial charge in [-0.3, -0.25) is 0 Å². The van der Waals surface area contributed by atoms with Gasteiger partial charge in [0.15, 0.2) is 0 Å². The number of hydrogen-bond acceptors (Lipinski definition) is 0. The molecule has 0 amide bonds. The molecule has 18 heavy (non-hydrogen) atoms. The third-order valence-electron chi connectivity index (χ3n) is 3.95. The first-order valence-corrected chi connectivity index (χ1v) is 7.38. The summed E-state index contributed by atoms with van der Waals surface area (Å²) in [6.07, 6.45) is 3.47. The SMILES string of the molecule is CC1Cc2ccccc2CCc2ccc(Br)cc21. The summed E-state index contributed by atoms with van der Waals surface area (Å²) in [6, 6.07) is 15.6. The quantitative estimate of drug-likeness (QED) is 0.649. The smallest absolute Gasteiger partial charge is 0.0178 e. The van der Waals surface area contributed by atoms with Gasteiger partial charge in [0.2, 0.25) is 0 Å². The lowest BCUT2D eigenvalue weighted by molar-refractivity contribution is 0.716. The van der Waals surface area contributed by atoms with Gasteiger partial charge in [0.1, 0.15) is 0 Å². The summed E-state index contributed by atoms with van der Waals surface area (Å²) in [7, 11) is 0. The second kappa shape index (κ2) is 4.89. The van der Waals surface area contributed by atoms with Crippen LogP contribution in [-0.2, 0) is 19.3 Å². The van der Waals surface area contributed by atoms with Gasteiger partial charge in [-0.2, -0.15) is 0 Å². The minimum absolute atomic E-state index is 0.596. The number of halogens is 1. The normalized spacial score (nSPS) is 18.4. The summed E-state index contributed by atoms with van der Waals surface area (Å²) in [4.78, 5) is 0. The van der Waals surface area contributed by atoms with E-state index in [2.05, 4.69) is 65.3 Å². The van der Waals surface area contributed by atoms with Gasteiger partial charge in [-0.05, 0) is 59.6 Å². The molecule has 0 N–H and O–H groups in total. The highest BCUT2D eigenvalue weighted by atomic mass is 79.9. The fraction of sp³-hybridized carbons (Fsp3) is 0.294. The maximum absolute atomic E-state index is 3.59. The molecule has 0 nitrogen and oxygen atoms in total. The van der Waals surface area contributed by atoms with Gasteiger partial charge in [-0.25, -0.2) is 0 Å². The Morgan fingerprint density at radius 1 is 0.944 bits per heavy atom. The average molecular weight is 301 g/mol. The van der Waals surface area contributed by atoms with Crippen molar-refractivity contribution in [3.63, 3.8) is 0 Å². The molecule has 3 rings (SSSR count).